The molecule has 0 aliphatic heterocycles. The van der Waals surface area contributed by atoms with Crippen molar-refractivity contribution >= 4 is 17.2 Å². The van der Waals surface area contributed by atoms with Gasteiger partial charge in [-0.25, -0.2) is 13.8 Å². The number of rotatable bonds is 4. The molecule has 26 heavy (non-hydrogen) atoms. The van der Waals surface area contributed by atoms with Gasteiger partial charge in [0.25, 0.3) is 0 Å². The van der Waals surface area contributed by atoms with Crippen LogP contribution in [0.2, 0.25) is 0 Å². The third-order valence-electron chi connectivity index (χ3n) is 3.87. The number of ether oxygens (including phenoxy) is 1. The molecule has 1 aromatic carbocycles. The number of nitrogens with one attached hydrogen (secondary N) is 1. The number of imidazole rings is 1. The second-order valence-electron chi connectivity index (χ2n) is 5.60. The molecular weight excluding hydrogens is 338 g/mol. The van der Waals surface area contributed by atoms with Crippen LogP contribution >= 0.6 is 0 Å². The molecule has 1 N–H and O–H groups in total. The van der Waals surface area contributed by atoms with Crippen LogP contribution in [0.1, 0.15) is 0 Å². The Morgan fingerprint density at radius 1 is 1.04 bits per heavy atom. The van der Waals surface area contributed by atoms with Crippen molar-refractivity contribution in [3.63, 3.8) is 0 Å². The highest BCUT2D eigenvalue weighted by molar-refractivity contribution is 5.78. The number of fused-ring (bicyclic) bond motifs is 1. The predicted molar refractivity (Wildman–Crippen MR) is 94.6 cm³/mol. The number of pyridine rings is 2. The first-order valence-electron chi connectivity index (χ1n) is 7.84. The molecule has 7 heteroatoms. The molecule has 0 unspecified atom stereocenters. The number of aromatic nitrogens is 3. The summed E-state index contributed by atoms with van der Waals surface area (Å²) in [5.41, 5.74) is 2.08. The van der Waals surface area contributed by atoms with Gasteiger partial charge in [0.1, 0.15) is 34.5 Å². The number of anilines is 2. The summed E-state index contributed by atoms with van der Waals surface area (Å²) >= 11 is 0. The first kappa shape index (κ1) is 16.0. The van der Waals surface area contributed by atoms with Crippen LogP contribution < -0.4 is 10.1 Å². The minimum absolute atomic E-state index is 0.275. The van der Waals surface area contributed by atoms with Gasteiger partial charge in [-0.3, -0.25) is 9.38 Å². The molecule has 0 radical (unpaired) electrons. The first-order chi connectivity index (χ1) is 12.6. The smallest absolute Gasteiger partial charge is 0.144 e. The number of benzene rings is 1. The molecule has 3 aromatic heterocycles. The van der Waals surface area contributed by atoms with E-state index in [9.17, 15) is 8.78 Å². The maximum absolute atomic E-state index is 13.6. The molecule has 0 atom stereocenters. The number of methoxy groups -OCH3 is 1. The van der Waals surface area contributed by atoms with Crippen molar-refractivity contribution in [1.29, 1.82) is 0 Å². The van der Waals surface area contributed by atoms with Gasteiger partial charge in [-0.1, -0.05) is 6.07 Å². The second-order valence-corrected chi connectivity index (χ2v) is 5.60. The van der Waals surface area contributed by atoms with Gasteiger partial charge in [0, 0.05) is 30.2 Å². The normalized spacial score (nSPS) is 10.9. The number of hydrogen-bond acceptors (Lipinski definition) is 4. The molecular formula is C19H14F2N4O. The number of nitrogens with zero attached hydrogens (tertiary/aromatic N) is 3. The maximum Gasteiger partial charge on any atom is 0.144 e. The van der Waals surface area contributed by atoms with E-state index in [1.54, 1.807) is 42.1 Å². The van der Waals surface area contributed by atoms with Gasteiger partial charge in [0.05, 0.1) is 12.8 Å². The second kappa shape index (κ2) is 6.44. The van der Waals surface area contributed by atoms with Crippen LogP contribution in [0.3, 0.4) is 0 Å². The van der Waals surface area contributed by atoms with Crippen molar-refractivity contribution in [3.8, 4) is 17.1 Å². The summed E-state index contributed by atoms with van der Waals surface area (Å²) in [6, 6.07) is 12.3. The Hall–Kier alpha value is -3.48. The van der Waals surface area contributed by atoms with E-state index in [0.29, 0.717) is 28.6 Å². The SMILES string of the molecule is COc1ccn2c(Nc3cc(F)cc(F)c3)c(-c3ccccn3)nc2c1. The highest BCUT2D eigenvalue weighted by atomic mass is 19.1. The van der Waals surface area contributed by atoms with Crippen molar-refractivity contribution in [2.75, 3.05) is 12.4 Å². The monoisotopic (exact) mass is 352 g/mol. The first-order valence-corrected chi connectivity index (χ1v) is 7.84. The number of hydrogen-bond donors (Lipinski definition) is 1. The van der Waals surface area contributed by atoms with E-state index in [-0.39, 0.29) is 5.69 Å². The van der Waals surface area contributed by atoms with Gasteiger partial charge in [0.2, 0.25) is 0 Å². The average molecular weight is 352 g/mol. The Balaban J connectivity index is 1.90. The fourth-order valence-corrected chi connectivity index (χ4v) is 2.72. The minimum atomic E-state index is -0.664. The summed E-state index contributed by atoms with van der Waals surface area (Å²) in [5, 5.41) is 3.05. The summed E-state index contributed by atoms with van der Waals surface area (Å²) in [7, 11) is 1.57. The molecule has 0 spiro atoms. The Kier molecular flexibility index (Phi) is 3.96. The molecule has 0 saturated carbocycles. The Labute approximate surface area is 147 Å². The van der Waals surface area contributed by atoms with E-state index in [2.05, 4.69) is 15.3 Å². The van der Waals surface area contributed by atoms with Crippen LogP contribution in [-0.4, -0.2) is 21.5 Å². The van der Waals surface area contributed by atoms with E-state index < -0.39 is 11.6 Å². The van der Waals surface area contributed by atoms with Crippen LogP contribution in [0.4, 0.5) is 20.3 Å². The van der Waals surface area contributed by atoms with Crippen molar-refractivity contribution in [1.82, 2.24) is 14.4 Å². The molecule has 0 fully saturated rings. The van der Waals surface area contributed by atoms with E-state index in [0.717, 1.165) is 6.07 Å². The van der Waals surface area contributed by atoms with Gasteiger partial charge in [-0.05, 0) is 30.3 Å². The molecule has 5 nitrogen and oxygen atoms in total. The lowest BCUT2D eigenvalue weighted by Gasteiger charge is -2.09. The van der Waals surface area contributed by atoms with Crippen LogP contribution in [-0.2, 0) is 0 Å². The molecule has 3 heterocycles. The molecule has 4 rings (SSSR count). The molecule has 0 aliphatic rings. The predicted octanol–water partition coefficient (Wildman–Crippen LogP) is 4.43. The minimum Gasteiger partial charge on any atom is -0.497 e. The molecule has 0 saturated heterocycles. The Bertz CT molecular complexity index is 1060. The lowest BCUT2D eigenvalue weighted by molar-refractivity contribution is 0.414. The van der Waals surface area contributed by atoms with Crippen molar-refractivity contribution < 1.29 is 13.5 Å². The lowest BCUT2D eigenvalue weighted by Crippen LogP contribution is -1.99. The summed E-state index contributed by atoms with van der Waals surface area (Å²) in [5.74, 6) is -0.130. The summed E-state index contributed by atoms with van der Waals surface area (Å²) in [6.07, 6.45) is 3.43. The fourth-order valence-electron chi connectivity index (χ4n) is 2.72. The van der Waals surface area contributed by atoms with Crippen LogP contribution in [0.15, 0.2) is 60.9 Å². The zero-order chi connectivity index (χ0) is 18.1. The topological polar surface area (TPSA) is 51.5 Å². The summed E-state index contributed by atoms with van der Waals surface area (Å²) < 4.78 is 34.1. The van der Waals surface area contributed by atoms with Crippen LogP contribution in [0, 0.1) is 11.6 Å². The largest absolute Gasteiger partial charge is 0.497 e. The van der Waals surface area contributed by atoms with Gasteiger partial charge < -0.3 is 10.1 Å². The highest BCUT2D eigenvalue weighted by Crippen LogP contribution is 2.31. The Morgan fingerprint density at radius 3 is 2.54 bits per heavy atom. The molecule has 0 amide bonds. The maximum atomic E-state index is 13.6. The lowest BCUT2D eigenvalue weighted by atomic mass is 10.2. The zero-order valence-electron chi connectivity index (χ0n) is 13.8. The molecule has 130 valence electrons. The average Bonchev–Trinajstić information content (AvgIpc) is 2.99. The third-order valence-corrected chi connectivity index (χ3v) is 3.87. The van der Waals surface area contributed by atoms with Crippen LogP contribution in [0.25, 0.3) is 17.0 Å². The summed E-state index contributed by atoms with van der Waals surface area (Å²) in [6.45, 7) is 0. The molecule has 0 aliphatic carbocycles. The standard InChI is InChI=1S/C19H14F2N4O/c1-26-15-5-7-25-17(11-15)24-18(16-4-2-3-6-22-16)19(25)23-14-9-12(20)8-13(21)10-14/h2-11,23H,1H3. The van der Waals surface area contributed by atoms with Crippen LogP contribution in [0.5, 0.6) is 5.75 Å². The number of halogens is 2. The van der Waals surface area contributed by atoms with Gasteiger partial charge in [-0.2, -0.15) is 0 Å². The molecule has 0 bridgehead atoms. The Morgan fingerprint density at radius 2 is 1.85 bits per heavy atom. The van der Waals surface area contributed by atoms with Gasteiger partial charge in [-0.15, -0.1) is 0 Å². The van der Waals surface area contributed by atoms with Gasteiger partial charge >= 0.3 is 0 Å². The van der Waals surface area contributed by atoms with E-state index in [1.165, 1.54) is 12.1 Å². The molecule has 4 aromatic rings. The van der Waals surface area contributed by atoms with E-state index >= 15 is 0 Å². The van der Waals surface area contributed by atoms with Crippen molar-refractivity contribution in [2.24, 2.45) is 0 Å². The quantitative estimate of drug-likeness (QED) is 0.590. The summed E-state index contributed by atoms with van der Waals surface area (Å²) in [4.78, 5) is 8.93. The van der Waals surface area contributed by atoms with E-state index in [4.69, 9.17) is 4.74 Å². The van der Waals surface area contributed by atoms with Crippen molar-refractivity contribution in [2.45, 2.75) is 0 Å². The highest BCUT2D eigenvalue weighted by Gasteiger charge is 2.16. The van der Waals surface area contributed by atoms with Gasteiger partial charge in [0.15, 0.2) is 0 Å². The fraction of sp³-hybridized carbons (Fsp3) is 0.0526. The zero-order valence-corrected chi connectivity index (χ0v) is 13.8. The third kappa shape index (κ3) is 2.95. The van der Waals surface area contributed by atoms with E-state index in [1.807, 2.05) is 12.1 Å². The van der Waals surface area contributed by atoms with Crippen molar-refractivity contribution in [3.05, 3.63) is 72.6 Å².